The van der Waals surface area contributed by atoms with E-state index in [0.717, 1.165) is 0 Å². The van der Waals surface area contributed by atoms with Crippen LogP contribution in [-0.4, -0.2) is 57.5 Å². The van der Waals surface area contributed by atoms with Gasteiger partial charge in [0.1, 0.15) is 0 Å². The Labute approximate surface area is 144 Å². The second-order valence-corrected chi connectivity index (χ2v) is 7.33. The fraction of sp³-hybridized carbons (Fsp3) is 0.429. The molecule has 0 atom stereocenters. The lowest BCUT2D eigenvalue weighted by atomic mass is 10.3. The number of benzene rings is 1. The van der Waals surface area contributed by atoms with E-state index < -0.39 is 28.5 Å². The number of hydrogen-bond acceptors (Lipinski definition) is 6. The number of carbonyl (C=O) groups excluding carboxylic acids is 2. The fourth-order valence-corrected chi connectivity index (χ4v) is 3.65. The highest BCUT2D eigenvalue weighted by atomic mass is 35.5. The fourth-order valence-electron chi connectivity index (χ4n) is 2.05. The van der Waals surface area contributed by atoms with Gasteiger partial charge in [-0.1, -0.05) is 11.6 Å². The monoisotopic (exact) mass is 376 g/mol. The molecule has 1 heterocycles. The molecule has 10 heteroatoms. The van der Waals surface area contributed by atoms with Crippen LogP contribution in [0.5, 0.6) is 0 Å². The summed E-state index contributed by atoms with van der Waals surface area (Å²) in [5.41, 5.74) is 0.128. The molecule has 0 bridgehead atoms. The number of sulfonamides is 1. The Balaban J connectivity index is 2.18. The summed E-state index contributed by atoms with van der Waals surface area (Å²) in [7, 11) is -3.70. The van der Waals surface area contributed by atoms with Gasteiger partial charge < -0.3 is 14.8 Å². The van der Waals surface area contributed by atoms with Crippen molar-refractivity contribution in [3.63, 3.8) is 0 Å². The normalized spacial score (nSPS) is 15.8. The Kier molecular flexibility index (Phi) is 6.16. The van der Waals surface area contributed by atoms with Gasteiger partial charge >= 0.3 is 5.97 Å². The minimum Gasteiger partial charge on any atom is -0.456 e. The second-order valence-electron chi connectivity index (χ2n) is 4.99. The van der Waals surface area contributed by atoms with Crippen LogP contribution in [0.25, 0.3) is 0 Å². The zero-order valence-electron chi connectivity index (χ0n) is 13.0. The standard InChI is InChI=1S/C14H17ClN2O6S/c1-10(18)23-9-14(19)16-13-8-11(2-3-12(13)15)24(20,21)17-4-6-22-7-5-17/h2-3,8H,4-7,9H2,1H3,(H,16,19). The lowest BCUT2D eigenvalue weighted by Gasteiger charge is -2.26. The lowest BCUT2D eigenvalue weighted by Crippen LogP contribution is -2.40. The van der Waals surface area contributed by atoms with Crippen molar-refractivity contribution in [2.45, 2.75) is 11.8 Å². The van der Waals surface area contributed by atoms with Crippen LogP contribution in [0.4, 0.5) is 5.69 Å². The summed E-state index contributed by atoms with van der Waals surface area (Å²) in [6.07, 6.45) is 0. The van der Waals surface area contributed by atoms with Gasteiger partial charge in [-0.25, -0.2) is 8.42 Å². The zero-order chi connectivity index (χ0) is 17.7. The Morgan fingerprint density at radius 3 is 2.62 bits per heavy atom. The van der Waals surface area contributed by atoms with Crippen LogP contribution in [0.1, 0.15) is 6.92 Å². The molecule has 0 unspecified atom stereocenters. The van der Waals surface area contributed by atoms with Gasteiger partial charge in [-0.15, -0.1) is 0 Å². The molecule has 2 rings (SSSR count). The molecule has 0 saturated carbocycles. The molecular formula is C14H17ClN2O6S. The SMILES string of the molecule is CC(=O)OCC(=O)Nc1cc(S(=O)(=O)N2CCOCC2)ccc1Cl. The Morgan fingerprint density at radius 2 is 2.00 bits per heavy atom. The van der Waals surface area contributed by atoms with Crippen molar-refractivity contribution >= 4 is 39.2 Å². The minimum atomic E-state index is -3.70. The van der Waals surface area contributed by atoms with Gasteiger partial charge in [0.2, 0.25) is 10.0 Å². The smallest absolute Gasteiger partial charge is 0.303 e. The number of carbonyl (C=O) groups is 2. The van der Waals surface area contributed by atoms with Crippen LogP contribution >= 0.6 is 11.6 Å². The summed E-state index contributed by atoms with van der Waals surface area (Å²) in [6.45, 7) is 1.89. The van der Waals surface area contributed by atoms with Crippen LogP contribution < -0.4 is 5.32 Å². The van der Waals surface area contributed by atoms with Crippen molar-refractivity contribution < 1.29 is 27.5 Å². The highest BCUT2D eigenvalue weighted by molar-refractivity contribution is 7.89. The second kappa shape index (κ2) is 7.93. The van der Waals surface area contributed by atoms with E-state index in [1.165, 1.54) is 29.4 Å². The van der Waals surface area contributed by atoms with Gasteiger partial charge in [-0.05, 0) is 18.2 Å². The zero-order valence-corrected chi connectivity index (χ0v) is 14.5. The Morgan fingerprint density at radius 1 is 1.33 bits per heavy atom. The third kappa shape index (κ3) is 4.67. The van der Waals surface area contributed by atoms with E-state index in [2.05, 4.69) is 10.1 Å². The minimum absolute atomic E-state index is 0.0107. The summed E-state index contributed by atoms with van der Waals surface area (Å²) in [5.74, 6) is -1.21. The van der Waals surface area contributed by atoms with Crippen LogP contribution in [0, 0.1) is 0 Å². The molecule has 1 aliphatic rings. The largest absolute Gasteiger partial charge is 0.456 e. The lowest BCUT2D eigenvalue weighted by molar-refractivity contribution is -0.144. The molecule has 1 amide bonds. The summed E-state index contributed by atoms with van der Waals surface area (Å²) >= 11 is 5.99. The number of nitrogens with one attached hydrogen (secondary N) is 1. The van der Waals surface area contributed by atoms with Crippen LogP contribution in [0.3, 0.4) is 0 Å². The number of hydrogen-bond donors (Lipinski definition) is 1. The molecular weight excluding hydrogens is 360 g/mol. The van der Waals surface area contributed by atoms with Crippen molar-refractivity contribution in [1.29, 1.82) is 0 Å². The van der Waals surface area contributed by atoms with Gasteiger partial charge in [0.25, 0.3) is 5.91 Å². The van der Waals surface area contributed by atoms with E-state index in [1.807, 2.05) is 0 Å². The molecule has 1 aliphatic heterocycles. The number of anilines is 1. The maximum atomic E-state index is 12.6. The first-order valence-corrected chi connectivity index (χ1v) is 8.93. The number of nitrogens with zero attached hydrogens (tertiary/aromatic N) is 1. The molecule has 1 aromatic rings. The molecule has 132 valence electrons. The number of amides is 1. The van der Waals surface area contributed by atoms with Gasteiger partial charge in [0, 0.05) is 20.0 Å². The number of morpholine rings is 1. The highest BCUT2D eigenvalue weighted by Gasteiger charge is 2.27. The number of esters is 1. The quantitative estimate of drug-likeness (QED) is 0.765. The number of rotatable bonds is 5. The van der Waals surface area contributed by atoms with Gasteiger partial charge in [-0.3, -0.25) is 9.59 Å². The van der Waals surface area contributed by atoms with Crippen molar-refractivity contribution in [3.05, 3.63) is 23.2 Å². The molecule has 1 aromatic carbocycles. The van der Waals surface area contributed by atoms with E-state index in [0.29, 0.717) is 13.2 Å². The molecule has 1 N–H and O–H groups in total. The highest BCUT2D eigenvalue weighted by Crippen LogP contribution is 2.27. The predicted molar refractivity (Wildman–Crippen MR) is 86.3 cm³/mol. The summed E-state index contributed by atoms with van der Waals surface area (Å²) in [6, 6.07) is 4.03. The average molecular weight is 377 g/mol. The molecule has 0 radical (unpaired) electrons. The molecule has 8 nitrogen and oxygen atoms in total. The number of halogens is 1. The predicted octanol–water partition coefficient (Wildman–Crippen LogP) is 0.863. The Hall–Kier alpha value is -1.68. The van der Waals surface area contributed by atoms with E-state index in [-0.39, 0.29) is 28.7 Å². The molecule has 1 fully saturated rings. The molecule has 24 heavy (non-hydrogen) atoms. The van der Waals surface area contributed by atoms with Crippen molar-refractivity contribution in [3.8, 4) is 0 Å². The first-order valence-electron chi connectivity index (χ1n) is 7.11. The van der Waals surface area contributed by atoms with Crippen molar-refractivity contribution in [2.24, 2.45) is 0 Å². The maximum absolute atomic E-state index is 12.6. The first-order chi connectivity index (χ1) is 11.3. The van der Waals surface area contributed by atoms with Crippen LogP contribution in [-0.2, 0) is 29.1 Å². The number of ether oxygens (including phenoxy) is 2. The van der Waals surface area contributed by atoms with Crippen molar-refractivity contribution in [1.82, 2.24) is 4.31 Å². The first kappa shape index (κ1) is 18.7. The summed E-state index contributed by atoms with van der Waals surface area (Å²) in [4.78, 5) is 22.4. The Bertz CT molecular complexity index is 731. The third-order valence-electron chi connectivity index (χ3n) is 3.23. The maximum Gasteiger partial charge on any atom is 0.303 e. The summed E-state index contributed by atoms with van der Waals surface area (Å²) < 4.78 is 36.2. The van der Waals surface area contributed by atoms with E-state index in [9.17, 15) is 18.0 Å². The van der Waals surface area contributed by atoms with E-state index in [1.54, 1.807) is 0 Å². The average Bonchev–Trinajstić information content (AvgIpc) is 2.55. The van der Waals surface area contributed by atoms with Gasteiger partial charge in [-0.2, -0.15) is 4.31 Å². The third-order valence-corrected chi connectivity index (χ3v) is 5.45. The molecule has 0 aromatic heterocycles. The topological polar surface area (TPSA) is 102 Å². The van der Waals surface area contributed by atoms with Gasteiger partial charge in [0.05, 0.1) is 28.8 Å². The van der Waals surface area contributed by atoms with Crippen LogP contribution in [0.15, 0.2) is 23.1 Å². The van der Waals surface area contributed by atoms with Crippen molar-refractivity contribution in [2.75, 3.05) is 38.2 Å². The summed E-state index contributed by atoms with van der Waals surface area (Å²) in [5, 5.41) is 2.60. The molecule has 0 aliphatic carbocycles. The molecule has 1 saturated heterocycles. The molecule has 0 spiro atoms. The van der Waals surface area contributed by atoms with Gasteiger partial charge in [0.15, 0.2) is 6.61 Å². The van der Waals surface area contributed by atoms with Crippen LogP contribution in [0.2, 0.25) is 5.02 Å². The van der Waals surface area contributed by atoms with E-state index in [4.69, 9.17) is 16.3 Å². The van der Waals surface area contributed by atoms with E-state index >= 15 is 0 Å².